The number of aromatic nitrogens is 2. The van der Waals surface area contributed by atoms with E-state index in [1.165, 1.54) is 11.1 Å². The molecule has 1 aliphatic rings. The number of hydrogen-bond donors (Lipinski definition) is 0. The van der Waals surface area contributed by atoms with Crippen LogP contribution in [0, 0.1) is 32.5 Å². The second-order valence-electron chi connectivity index (χ2n) is 22.1. The smallest absolute Gasteiger partial charge is 0.135 e. The van der Waals surface area contributed by atoms with Gasteiger partial charge in [0.1, 0.15) is 5.82 Å². The van der Waals surface area contributed by atoms with Crippen LogP contribution in [0.3, 0.4) is 0 Å². The molecule has 72 heavy (non-hydrogen) atoms. The predicted octanol–water partition coefficient (Wildman–Crippen LogP) is 16.9. The van der Waals surface area contributed by atoms with Crippen LogP contribution < -0.4 is 14.5 Å². The van der Waals surface area contributed by atoms with E-state index in [0.717, 1.165) is 78.7 Å². The number of aryl methyl sites for hydroxylation is 2. The van der Waals surface area contributed by atoms with Crippen molar-refractivity contribution >= 4 is 38.9 Å². The van der Waals surface area contributed by atoms with Gasteiger partial charge in [0.05, 0.1) is 6.61 Å². The zero-order chi connectivity index (χ0) is 54.8. The van der Waals surface area contributed by atoms with Gasteiger partial charge in [0, 0.05) is 63.7 Å². The molecule has 0 N–H and O–H groups in total. The summed E-state index contributed by atoms with van der Waals surface area (Å²) >= 11 is 0. The number of para-hydroxylation sites is 3. The molecule has 0 radical (unpaired) electrons. The zero-order valence-corrected chi connectivity index (χ0v) is 45.1. The third kappa shape index (κ3) is 10.2. The Hall–Kier alpha value is -6.42. The van der Waals surface area contributed by atoms with Crippen molar-refractivity contribution in [3.63, 3.8) is 0 Å². The Kier molecular flexibility index (Phi) is 11.9. The predicted molar refractivity (Wildman–Crippen MR) is 298 cm³/mol. The topological polar surface area (TPSA) is 33.5 Å². The van der Waals surface area contributed by atoms with Crippen LogP contribution in [0.4, 0.5) is 17.1 Å². The van der Waals surface area contributed by atoms with Gasteiger partial charge in [0.25, 0.3) is 0 Å². The first-order chi connectivity index (χ1) is 36.3. The monoisotopic (exact) mass is 1130 g/mol. The summed E-state index contributed by atoms with van der Waals surface area (Å²) in [5.41, 5.74) is 13.6. The largest absolute Gasteiger partial charge is 0.517 e. The van der Waals surface area contributed by atoms with Crippen LogP contribution in [-0.4, -0.2) is 16.1 Å². The van der Waals surface area contributed by atoms with Crippen molar-refractivity contribution < 1.29 is 34.0 Å². The molecule has 370 valence electrons. The van der Waals surface area contributed by atoms with Gasteiger partial charge in [-0.2, -0.15) is 37.0 Å². The van der Waals surface area contributed by atoms with E-state index in [2.05, 4.69) is 146 Å². The fourth-order valence-electron chi connectivity index (χ4n) is 9.78. The van der Waals surface area contributed by atoms with E-state index >= 15 is 0 Å². The summed E-state index contributed by atoms with van der Waals surface area (Å²) < 4.78 is 60.3. The standard InChI is InChI=1S/C66H67N4O.Pt/c1-44-20-16-26-55(48-37-50(65(6,7)8)39-51(38-48)66(9,10)11)54(44)27-19-33-68-43-69(61-30-15-14-29-60(61)68)52-24-17-21-46(35-52)42-71-53-31-32-57-56-25-12-13-28-59(56)70(62(57)40-53)63-34-45(2)58(41-67-63)47-22-18-23-49(36-47)64(3,4)5;/h12-18,20-26,28-32,34,36-39,41,43H,19,27,33,42H2,1-11H3;/q-3;/i1D3,2D3;. The van der Waals surface area contributed by atoms with Crippen LogP contribution in [0.25, 0.3) is 49.9 Å². The van der Waals surface area contributed by atoms with Gasteiger partial charge in [-0.1, -0.05) is 159 Å². The molecular formula is C66H67N4OPt-3. The van der Waals surface area contributed by atoms with Crippen molar-refractivity contribution in [1.29, 1.82) is 0 Å². The van der Waals surface area contributed by atoms with E-state index in [1.54, 1.807) is 18.3 Å². The van der Waals surface area contributed by atoms with Gasteiger partial charge < -0.3 is 19.1 Å². The minimum Gasteiger partial charge on any atom is -0.517 e. The molecule has 0 spiro atoms. The van der Waals surface area contributed by atoms with Crippen molar-refractivity contribution in [1.82, 2.24) is 9.55 Å². The first-order valence-electron chi connectivity index (χ1n) is 27.8. The number of fused-ring (bicyclic) bond motifs is 4. The van der Waals surface area contributed by atoms with Crippen molar-refractivity contribution in [2.45, 2.75) is 112 Å². The summed E-state index contributed by atoms with van der Waals surface area (Å²) in [7, 11) is 0. The van der Waals surface area contributed by atoms with E-state index in [-0.39, 0.29) is 49.5 Å². The Balaban J connectivity index is 0.00000740. The number of benzene rings is 7. The van der Waals surface area contributed by atoms with Gasteiger partial charge >= 0.3 is 0 Å². The van der Waals surface area contributed by atoms with Crippen LogP contribution >= 0.6 is 0 Å². The van der Waals surface area contributed by atoms with Gasteiger partial charge in [-0.3, -0.25) is 0 Å². The van der Waals surface area contributed by atoms with Crippen molar-refractivity contribution in [2.24, 2.45) is 0 Å². The number of pyridine rings is 1. The molecule has 1 aliphatic heterocycles. The van der Waals surface area contributed by atoms with Crippen LogP contribution in [0.1, 0.15) is 116 Å². The van der Waals surface area contributed by atoms with Crippen LogP contribution in [-0.2, 0) is 50.3 Å². The summed E-state index contributed by atoms with van der Waals surface area (Å²) in [5.74, 6) is 1.00. The SMILES string of the molecule is [2H]C([2H])([2H])c1cc(-n2c3[c-]c(OCc4[c-]c(N5[CH-]N(CCCc6c(-c7cc(C(C)(C)C)cc(C(C)(C)C)c7)cccc6C([2H])([2H])[2H])c6ccccc65)ccc4)ccc3c3ccccc32)ncc1-c1cccc(C(C)(C)C)c1.[Pt]. The second kappa shape index (κ2) is 19.9. The average molecular weight is 1130 g/mol. The molecule has 0 fully saturated rings. The molecule has 0 bridgehead atoms. The Morgan fingerprint density at radius 1 is 0.611 bits per heavy atom. The fourth-order valence-corrected chi connectivity index (χ4v) is 9.78. The summed E-state index contributed by atoms with van der Waals surface area (Å²) in [4.78, 5) is 9.35. The number of nitrogens with zero attached hydrogens (tertiary/aromatic N) is 4. The number of rotatable bonds is 11. The van der Waals surface area contributed by atoms with E-state index < -0.39 is 13.7 Å². The zero-order valence-electron chi connectivity index (χ0n) is 48.9. The van der Waals surface area contributed by atoms with Gasteiger partial charge in [0.2, 0.25) is 0 Å². The summed E-state index contributed by atoms with van der Waals surface area (Å²) in [6, 6.07) is 55.8. The third-order valence-electron chi connectivity index (χ3n) is 13.9. The Bertz CT molecular complexity index is 3640. The van der Waals surface area contributed by atoms with Gasteiger partial charge in [-0.25, -0.2) is 4.98 Å². The molecule has 6 heteroatoms. The number of hydrogen-bond acceptors (Lipinski definition) is 4. The van der Waals surface area contributed by atoms with Crippen LogP contribution in [0.15, 0.2) is 152 Å². The van der Waals surface area contributed by atoms with Crippen LogP contribution in [0.5, 0.6) is 5.75 Å². The molecule has 0 saturated carbocycles. The quantitative estimate of drug-likeness (QED) is 0.121. The molecule has 0 amide bonds. The maximum absolute atomic E-state index is 8.66. The molecule has 2 aromatic heterocycles. The summed E-state index contributed by atoms with van der Waals surface area (Å²) in [5, 5.41) is 1.93. The van der Waals surface area contributed by atoms with Crippen molar-refractivity contribution in [2.75, 3.05) is 16.3 Å². The second-order valence-corrected chi connectivity index (χ2v) is 22.1. The Morgan fingerprint density at radius 2 is 1.31 bits per heavy atom. The molecule has 10 rings (SSSR count). The van der Waals surface area contributed by atoms with Gasteiger partial charge in [-0.15, -0.1) is 28.8 Å². The molecule has 0 atom stereocenters. The molecule has 0 unspecified atom stereocenters. The molecule has 5 nitrogen and oxygen atoms in total. The first-order valence-corrected chi connectivity index (χ1v) is 24.8. The van der Waals surface area contributed by atoms with Crippen molar-refractivity contribution in [3.8, 4) is 33.8 Å². The molecular weight excluding hydrogens is 1060 g/mol. The maximum Gasteiger partial charge on any atom is 0.135 e. The van der Waals surface area contributed by atoms with Gasteiger partial charge in [0.15, 0.2) is 0 Å². The average Bonchev–Trinajstić information content (AvgIpc) is 3.97. The minimum absolute atomic E-state index is 0. The summed E-state index contributed by atoms with van der Waals surface area (Å²) in [6.07, 6.45) is 2.99. The van der Waals surface area contributed by atoms with E-state index in [0.29, 0.717) is 35.7 Å². The molecule has 9 aromatic rings. The molecule has 0 aliphatic carbocycles. The van der Waals surface area contributed by atoms with Gasteiger partial charge in [-0.05, 0) is 129 Å². The van der Waals surface area contributed by atoms with Crippen molar-refractivity contribution in [3.05, 3.63) is 210 Å². The normalized spacial score (nSPS) is 14.5. The Labute approximate surface area is 451 Å². The minimum atomic E-state index is -2.41. The van der Waals surface area contributed by atoms with Crippen LogP contribution in [0.2, 0.25) is 0 Å². The molecule has 0 saturated heterocycles. The number of ether oxygens (including phenoxy) is 1. The molecule has 3 heterocycles. The van der Waals surface area contributed by atoms with E-state index in [4.69, 9.17) is 17.9 Å². The third-order valence-corrected chi connectivity index (χ3v) is 13.9. The number of anilines is 3. The fraction of sp³-hybridized carbons (Fsp3) is 0.273. The maximum atomic E-state index is 8.66. The summed E-state index contributed by atoms with van der Waals surface area (Å²) in [6.45, 7) is 18.1. The molecule has 7 aromatic carbocycles. The van der Waals surface area contributed by atoms with E-state index in [1.807, 2.05) is 83.4 Å². The Morgan fingerprint density at radius 3 is 2.06 bits per heavy atom. The van der Waals surface area contributed by atoms with E-state index in [9.17, 15) is 0 Å². The first kappa shape index (κ1) is 43.2.